The molecule has 0 amide bonds. The van der Waals surface area contributed by atoms with Crippen LogP contribution in [0.25, 0.3) is 0 Å². The summed E-state index contributed by atoms with van der Waals surface area (Å²) in [5.41, 5.74) is 0.407. The molecule has 0 aromatic carbocycles. The molecule has 1 saturated heterocycles. The first-order valence-electron chi connectivity index (χ1n) is 4.98. The van der Waals surface area contributed by atoms with Crippen LogP contribution in [0.15, 0.2) is 11.1 Å². The molecular formula is C11H14O3S. The third-order valence-corrected chi connectivity index (χ3v) is 4.79. The number of carbonyl (C=O) groups excluding carboxylic acids is 1. The largest absolute Gasteiger partial charge is 0.481 e. The molecule has 2 aliphatic rings. The van der Waals surface area contributed by atoms with E-state index in [0.29, 0.717) is 0 Å². The van der Waals surface area contributed by atoms with Crippen molar-refractivity contribution in [2.75, 3.05) is 5.75 Å². The van der Waals surface area contributed by atoms with E-state index in [0.717, 1.165) is 23.3 Å². The molecule has 0 radical (unpaired) electrons. The van der Waals surface area contributed by atoms with Gasteiger partial charge in [-0.05, 0) is 18.9 Å². The maximum Gasteiger partial charge on any atom is 0.314 e. The first-order valence-corrected chi connectivity index (χ1v) is 5.96. The van der Waals surface area contributed by atoms with E-state index < -0.39 is 11.4 Å². The van der Waals surface area contributed by atoms with Crippen LogP contribution in [0.5, 0.6) is 0 Å². The van der Waals surface area contributed by atoms with Crippen molar-refractivity contribution in [3.8, 4) is 0 Å². The number of thioether (sulfide) groups is 1. The number of rotatable bonds is 1. The van der Waals surface area contributed by atoms with Gasteiger partial charge in [-0.1, -0.05) is 25.6 Å². The Hall–Kier alpha value is -0.770. The summed E-state index contributed by atoms with van der Waals surface area (Å²) in [6, 6.07) is 0. The van der Waals surface area contributed by atoms with Crippen molar-refractivity contribution in [2.45, 2.75) is 27.2 Å². The van der Waals surface area contributed by atoms with Crippen molar-refractivity contribution in [3.63, 3.8) is 0 Å². The molecule has 1 heterocycles. The van der Waals surface area contributed by atoms with Gasteiger partial charge in [-0.15, -0.1) is 0 Å². The lowest BCUT2D eigenvalue weighted by atomic mass is 9.99. The van der Waals surface area contributed by atoms with Crippen LogP contribution < -0.4 is 0 Å². The number of carbonyl (C=O) groups is 2. The normalized spacial score (nSPS) is 38.2. The Labute approximate surface area is 92.9 Å². The van der Waals surface area contributed by atoms with Crippen LogP contribution in [0.2, 0.25) is 0 Å². The van der Waals surface area contributed by atoms with Crippen LogP contribution in [0.4, 0.5) is 0 Å². The molecule has 82 valence electrons. The fraction of sp³-hybridized carbons (Fsp3) is 0.636. The van der Waals surface area contributed by atoms with Crippen molar-refractivity contribution in [1.29, 1.82) is 0 Å². The van der Waals surface area contributed by atoms with Crippen molar-refractivity contribution in [2.24, 2.45) is 10.8 Å². The lowest BCUT2D eigenvalue weighted by Crippen LogP contribution is -2.16. The van der Waals surface area contributed by atoms with Gasteiger partial charge >= 0.3 is 5.97 Å². The third kappa shape index (κ3) is 1.14. The average molecular weight is 226 g/mol. The maximum absolute atomic E-state index is 11.6. The summed E-state index contributed by atoms with van der Waals surface area (Å²) < 4.78 is 0. The van der Waals surface area contributed by atoms with Gasteiger partial charge in [-0.25, -0.2) is 0 Å². The van der Waals surface area contributed by atoms with Crippen LogP contribution in [-0.2, 0) is 9.59 Å². The predicted octanol–water partition coefficient (Wildman–Crippen LogP) is 2.08. The smallest absolute Gasteiger partial charge is 0.314 e. The van der Waals surface area contributed by atoms with Gasteiger partial charge in [0, 0.05) is 16.7 Å². The molecule has 1 atom stereocenters. The Bertz CT molecular complexity index is 395. The lowest BCUT2D eigenvalue weighted by molar-refractivity contribution is -0.143. The van der Waals surface area contributed by atoms with Crippen molar-refractivity contribution >= 4 is 22.8 Å². The van der Waals surface area contributed by atoms with Gasteiger partial charge < -0.3 is 5.11 Å². The molecule has 3 nitrogen and oxygen atoms in total. The average Bonchev–Trinajstić information content (AvgIpc) is 2.46. The summed E-state index contributed by atoms with van der Waals surface area (Å²) in [5.74, 6) is -0.0246. The van der Waals surface area contributed by atoms with Crippen molar-refractivity contribution < 1.29 is 14.7 Å². The third-order valence-electron chi connectivity index (χ3n) is 3.87. The minimum absolute atomic E-state index is 0.0723. The minimum Gasteiger partial charge on any atom is -0.481 e. The molecule has 1 N–H and O–H groups in total. The maximum atomic E-state index is 11.6. The number of hydrogen-bond acceptors (Lipinski definition) is 3. The van der Waals surface area contributed by atoms with Crippen molar-refractivity contribution in [1.82, 2.24) is 0 Å². The lowest BCUT2D eigenvalue weighted by Gasteiger charge is -2.05. The molecule has 1 unspecified atom stereocenters. The first kappa shape index (κ1) is 10.7. The van der Waals surface area contributed by atoms with Crippen molar-refractivity contribution in [3.05, 3.63) is 11.1 Å². The second-order valence-corrected chi connectivity index (χ2v) is 5.86. The van der Waals surface area contributed by atoms with E-state index in [2.05, 4.69) is 0 Å². The molecular weight excluding hydrogens is 212 g/mol. The quantitative estimate of drug-likeness (QED) is 0.695. The topological polar surface area (TPSA) is 54.4 Å². The Balaban J connectivity index is 2.50. The number of aliphatic carboxylic acids is 1. The Morgan fingerprint density at radius 1 is 1.40 bits per heavy atom. The van der Waals surface area contributed by atoms with E-state index in [4.69, 9.17) is 0 Å². The molecule has 0 spiro atoms. The van der Waals surface area contributed by atoms with E-state index in [1.165, 1.54) is 11.8 Å². The highest BCUT2D eigenvalue weighted by molar-refractivity contribution is 8.14. The van der Waals surface area contributed by atoms with E-state index in [9.17, 15) is 14.7 Å². The van der Waals surface area contributed by atoms with Crippen LogP contribution in [0, 0.1) is 10.8 Å². The van der Waals surface area contributed by atoms with Gasteiger partial charge in [0.25, 0.3) is 0 Å². The van der Waals surface area contributed by atoms with Crippen LogP contribution in [0.3, 0.4) is 0 Å². The summed E-state index contributed by atoms with van der Waals surface area (Å²) in [5, 5.41) is 9.29. The monoisotopic (exact) mass is 226 g/mol. The van der Waals surface area contributed by atoms with Gasteiger partial charge in [0.05, 0.1) is 5.41 Å². The van der Waals surface area contributed by atoms with Gasteiger partial charge in [0.1, 0.15) is 0 Å². The zero-order valence-electron chi connectivity index (χ0n) is 9.09. The van der Waals surface area contributed by atoms with E-state index in [1.54, 1.807) is 6.92 Å². The summed E-state index contributed by atoms with van der Waals surface area (Å²) in [4.78, 5) is 22.8. The van der Waals surface area contributed by atoms with Gasteiger partial charge in [-0.2, -0.15) is 0 Å². The second kappa shape index (κ2) is 2.88. The summed E-state index contributed by atoms with van der Waals surface area (Å²) in [7, 11) is 0. The molecule has 2 fully saturated rings. The number of carboxylic acid groups (broad SMARTS) is 1. The molecule has 4 heteroatoms. The zero-order valence-corrected chi connectivity index (χ0v) is 9.90. The van der Waals surface area contributed by atoms with E-state index >= 15 is 0 Å². The summed E-state index contributed by atoms with van der Waals surface area (Å²) in [6.45, 7) is 5.52. The molecule has 0 aromatic heterocycles. The fourth-order valence-electron chi connectivity index (χ4n) is 2.56. The molecule has 15 heavy (non-hydrogen) atoms. The van der Waals surface area contributed by atoms with E-state index in [1.807, 2.05) is 13.8 Å². The summed E-state index contributed by atoms with van der Waals surface area (Å²) >= 11 is 1.30. The molecule has 0 bridgehead atoms. The highest BCUT2D eigenvalue weighted by Gasteiger charge is 2.70. The van der Waals surface area contributed by atoms with E-state index in [-0.39, 0.29) is 10.5 Å². The highest BCUT2D eigenvalue weighted by atomic mass is 32.2. The number of hydrogen-bond donors (Lipinski definition) is 1. The Kier molecular flexibility index (Phi) is 2.06. The number of carboxylic acids is 1. The fourth-order valence-corrected chi connectivity index (χ4v) is 3.43. The van der Waals surface area contributed by atoms with Gasteiger partial charge in [0.15, 0.2) is 0 Å². The SMILES string of the molecule is CC1(C)C(=C2CCSC2=O)C1(C)C(=O)O. The predicted molar refractivity (Wildman–Crippen MR) is 58.6 cm³/mol. The standard InChI is InChI=1S/C11H14O3S/c1-10(2)7(11(10,3)9(13)14)6-4-5-15-8(6)12/h4-5H2,1-3H3,(H,13,14). The second-order valence-electron chi connectivity index (χ2n) is 4.79. The Morgan fingerprint density at radius 3 is 2.33 bits per heavy atom. The summed E-state index contributed by atoms with van der Waals surface area (Å²) in [6.07, 6.45) is 0.727. The molecule has 1 saturated carbocycles. The van der Waals surface area contributed by atoms with Crippen LogP contribution in [-0.4, -0.2) is 21.9 Å². The van der Waals surface area contributed by atoms with Crippen LogP contribution in [0.1, 0.15) is 27.2 Å². The molecule has 2 rings (SSSR count). The van der Waals surface area contributed by atoms with Gasteiger partial charge in [0.2, 0.25) is 5.12 Å². The van der Waals surface area contributed by atoms with Gasteiger partial charge in [-0.3, -0.25) is 9.59 Å². The minimum atomic E-state index is -0.830. The molecule has 1 aliphatic heterocycles. The molecule has 0 aromatic rings. The zero-order chi connectivity index (χ0) is 11.4. The molecule has 1 aliphatic carbocycles. The Morgan fingerprint density at radius 2 is 2.00 bits per heavy atom. The van der Waals surface area contributed by atoms with Crippen LogP contribution >= 0.6 is 11.8 Å². The highest BCUT2D eigenvalue weighted by Crippen LogP contribution is 2.70. The first-order chi connectivity index (χ1) is 6.83.